The molecular formula is C5H8O2. The highest BCUT2D eigenvalue weighted by Crippen LogP contribution is 1.52. The topological polar surface area (TPSA) is 37.3 Å². The van der Waals surface area contributed by atoms with Crippen molar-refractivity contribution in [2.45, 2.75) is 0 Å². The maximum absolute atomic E-state index is 8.36. The van der Waals surface area contributed by atoms with Crippen molar-refractivity contribution >= 4 is 6.47 Å². The van der Waals surface area contributed by atoms with E-state index in [2.05, 4.69) is 13.2 Å². The van der Waals surface area contributed by atoms with Gasteiger partial charge in [0.05, 0.1) is 0 Å². The summed E-state index contributed by atoms with van der Waals surface area (Å²) in [5.41, 5.74) is 0. The van der Waals surface area contributed by atoms with Crippen LogP contribution in [0.15, 0.2) is 25.3 Å². The highest BCUT2D eigenvalue weighted by molar-refractivity contribution is 5.32. The van der Waals surface area contributed by atoms with Crippen molar-refractivity contribution in [2.75, 3.05) is 0 Å². The van der Waals surface area contributed by atoms with Crippen LogP contribution < -0.4 is 0 Å². The Labute approximate surface area is 42.8 Å². The van der Waals surface area contributed by atoms with Gasteiger partial charge in [-0.1, -0.05) is 25.3 Å². The van der Waals surface area contributed by atoms with E-state index < -0.39 is 0 Å². The van der Waals surface area contributed by atoms with E-state index in [0.717, 1.165) is 0 Å². The van der Waals surface area contributed by atoms with Gasteiger partial charge >= 0.3 is 0 Å². The van der Waals surface area contributed by atoms with E-state index in [9.17, 15) is 0 Å². The molecule has 0 aliphatic carbocycles. The fraction of sp³-hybridized carbons (Fsp3) is 0. The number of carboxylic acid groups (broad SMARTS) is 1. The van der Waals surface area contributed by atoms with Gasteiger partial charge in [-0.3, -0.25) is 4.79 Å². The average molecular weight is 100 g/mol. The molecular weight excluding hydrogens is 92.1 g/mol. The van der Waals surface area contributed by atoms with Crippen LogP contribution in [0.4, 0.5) is 0 Å². The zero-order valence-corrected chi connectivity index (χ0v) is 4.00. The summed E-state index contributed by atoms with van der Waals surface area (Å²) in [7, 11) is 0. The van der Waals surface area contributed by atoms with Crippen LogP contribution in [0.2, 0.25) is 0 Å². The lowest BCUT2D eigenvalue weighted by molar-refractivity contribution is -0.122. The molecule has 0 heterocycles. The minimum atomic E-state index is -0.250. The average Bonchev–Trinajstić information content (AvgIpc) is 1.69. The van der Waals surface area contributed by atoms with E-state index in [1.165, 1.54) is 0 Å². The molecule has 0 aromatic carbocycles. The number of rotatable bonds is 1. The van der Waals surface area contributed by atoms with Crippen LogP contribution >= 0.6 is 0 Å². The van der Waals surface area contributed by atoms with E-state index >= 15 is 0 Å². The van der Waals surface area contributed by atoms with Gasteiger partial charge in [0, 0.05) is 0 Å². The second-order valence-corrected chi connectivity index (χ2v) is 0.577. The standard InChI is InChI=1S/C4H6.CH2O2/c1-3-4-2;2-1-3/h3-4H,1-2H2;1H,(H,2,3). The first-order valence-corrected chi connectivity index (χ1v) is 1.64. The molecule has 0 aliphatic rings. The normalized spacial score (nSPS) is 4.57. The third-order valence-electron chi connectivity index (χ3n) is 0.167. The van der Waals surface area contributed by atoms with Gasteiger partial charge in [0.25, 0.3) is 6.47 Å². The molecule has 1 N–H and O–H groups in total. The Balaban J connectivity index is 0. The van der Waals surface area contributed by atoms with Crippen molar-refractivity contribution in [3.63, 3.8) is 0 Å². The lowest BCUT2D eigenvalue weighted by Crippen LogP contribution is -1.49. The Morgan fingerprint density at radius 3 is 1.43 bits per heavy atom. The van der Waals surface area contributed by atoms with Crippen LogP contribution in [0.5, 0.6) is 0 Å². The summed E-state index contributed by atoms with van der Waals surface area (Å²) in [5.74, 6) is 0. The first kappa shape index (κ1) is 9.34. The van der Waals surface area contributed by atoms with Gasteiger partial charge in [0.1, 0.15) is 0 Å². The van der Waals surface area contributed by atoms with Gasteiger partial charge in [-0.15, -0.1) is 0 Å². The molecule has 0 saturated carbocycles. The van der Waals surface area contributed by atoms with Gasteiger partial charge in [-0.25, -0.2) is 0 Å². The van der Waals surface area contributed by atoms with Crippen molar-refractivity contribution < 1.29 is 9.90 Å². The molecule has 0 aromatic heterocycles. The van der Waals surface area contributed by atoms with Crippen LogP contribution in [0.1, 0.15) is 0 Å². The largest absolute Gasteiger partial charge is 0.483 e. The van der Waals surface area contributed by atoms with Crippen LogP contribution in [0, 0.1) is 0 Å². The summed E-state index contributed by atoms with van der Waals surface area (Å²) < 4.78 is 0. The van der Waals surface area contributed by atoms with Crippen LogP contribution in [-0.2, 0) is 4.79 Å². The molecule has 2 heteroatoms. The fourth-order valence-electron chi connectivity index (χ4n) is 0. The van der Waals surface area contributed by atoms with E-state index in [1.54, 1.807) is 12.2 Å². The molecule has 0 rings (SSSR count). The smallest absolute Gasteiger partial charge is 0.290 e. The predicted octanol–water partition coefficient (Wildman–Crippen LogP) is 1.06. The Morgan fingerprint density at radius 1 is 1.29 bits per heavy atom. The summed E-state index contributed by atoms with van der Waals surface area (Å²) in [6.07, 6.45) is 3.28. The highest BCUT2D eigenvalue weighted by atomic mass is 16.3. The lowest BCUT2D eigenvalue weighted by Gasteiger charge is -1.44. The predicted molar refractivity (Wildman–Crippen MR) is 29.1 cm³/mol. The number of allylic oxidation sites excluding steroid dienone is 2. The Hall–Kier alpha value is -1.05. The Bertz CT molecular complexity index is 51.1. The SMILES string of the molecule is C=CC=C.O=CO. The van der Waals surface area contributed by atoms with Crippen molar-refractivity contribution in [3.05, 3.63) is 25.3 Å². The van der Waals surface area contributed by atoms with Gasteiger partial charge < -0.3 is 5.11 Å². The summed E-state index contributed by atoms with van der Waals surface area (Å²) in [4.78, 5) is 8.36. The maximum atomic E-state index is 8.36. The minimum Gasteiger partial charge on any atom is -0.483 e. The highest BCUT2D eigenvalue weighted by Gasteiger charge is 1.29. The molecule has 40 valence electrons. The fourth-order valence-corrected chi connectivity index (χ4v) is 0. The van der Waals surface area contributed by atoms with E-state index in [4.69, 9.17) is 9.90 Å². The van der Waals surface area contributed by atoms with Crippen molar-refractivity contribution in [3.8, 4) is 0 Å². The first-order valence-electron chi connectivity index (χ1n) is 1.64. The number of hydrogen-bond acceptors (Lipinski definition) is 1. The van der Waals surface area contributed by atoms with Gasteiger partial charge in [0.2, 0.25) is 0 Å². The molecule has 0 aliphatic heterocycles. The third kappa shape index (κ3) is 17200. The molecule has 2 nitrogen and oxygen atoms in total. The zero-order chi connectivity index (χ0) is 6.12. The molecule has 0 aromatic rings. The van der Waals surface area contributed by atoms with Crippen LogP contribution in [0.3, 0.4) is 0 Å². The summed E-state index contributed by atoms with van der Waals surface area (Å²) in [6.45, 7) is 6.47. The van der Waals surface area contributed by atoms with Gasteiger partial charge in [0.15, 0.2) is 0 Å². The summed E-state index contributed by atoms with van der Waals surface area (Å²) in [6, 6.07) is 0. The third-order valence-corrected chi connectivity index (χ3v) is 0.167. The summed E-state index contributed by atoms with van der Waals surface area (Å²) >= 11 is 0. The van der Waals surface area contributed by atoms with E-state index in [-0.39, 0.29) is 6.47 Å². The molecule has 7 heavy (non-hydrogen) atoms. The van der Waals surface area contributed by atoms with E-state index in [0.29, 0.717) is 0 Å². The van der Waals surface area contributed by atoms with Gasteiger partial charge in [-0.05, 0) is 0 Å². The Morgan fingerprint density at radius 2 is 1.43 bits per heavy atom. The zero-order valence-electron chi connectivity index (χ0n) is 4.00. The second kappa shape index (κ2) is 20.3. The summed E-state index contributed by atoms with van der Waals surface area (Å²) in [5, 5.41) is 6.89. The molecule has 0 radical (unpaired) electrons. The van der Waals surface area contributed by atoms with Crippen molar-refractivity contribution in [1.82, 2.24) is 0 Å². The quantitative estimate of drug-likeness (QED) is 0.395. The maximum Gasteiger partial charge on any atom is 0.290 e. The lowest BCUT2D eigenvalue weighted by atomic mass is 10.6. The minimum absolute atomic E-state index is 0.250. The van der Waals surface area contributed by atoms with Crippen molar-refractivity contribution in [2.24, 2.45) is 0 Å². The second-order valence-electron chi connectivity index (χ2n) is 0.577. The number of hydrogen-bond donors (Lipinski definition) is 1. The molecule has 0 unspecified atom stereocenters. The first-order chi connectivity index (χ1) is 3.33. The van der Waals surface area contributed by atoms with Gasteiger partial charge in [-0.2, -0.15) is 0 Å². The van der Waals surface area contributed by atoms with Crippen LogP contribution in [0.25, 0.3) is 0 Å². The number of carbonyl (C=O) groups is 1. The van der Waals surface area contributed by atoms with Crippen molar-refractivity contribution in [1.29, 1.82) is 0 Å². The molecule has 0 atom stereocenters. The van der Waals surface area contributed by atoms with Crippen LogP contribution in [-0.4, -0.2) is 11.6 Å². The molecule has 0 amide bonds. The molecule has 0 saturated heterocycles. The molecule has 0 fully saturated rings. The Kier molecular flexibility index (Phi) is 27.1. The monoisotopic (exact) mass is 100 g/mol. The molecule has 0 bridgehead atoms. The molecule has 0 spiro atoms. The van der Waals surface area contributed by atoms with E-state index in [1.807, 2.05) is 0 Å².